The van der Waals surface area contributed by atoms with E-state index < -0.39 is 15.9 Å². The molecule has 29 heavy (non-hydrogen) atoms. The van der Waals surface area contributed by atoms with E-state index >= 15 is 0 Å². The second-order valence-corrected chi connectivity index (χ2v) is 11.5. The number of amides is 1. The molecule has 1 aromatic heterocycles. The van der Waals surface area contributed by atoms with Gasteiger partial charge in [-0.2, -0.15) is 0 Å². The maximum atomic E-state index is 12.8. The molecule has 1 saturated heterocycles. The zero-order valence-corrected chi connectivity index (χ0v) is 19.2. The van der Waals surface area contributed by atoms with E-state index in [9.17, 15) is 13.2 Å². The molecular formula is C18H23ClN4O3S3. The van der Waals surface area contributed by atoms with Gasteiger partial charge < -0.3 is 5.32 Å². The molecule has 0 aliphatic carbocycles. The molecule has 0 spiro atoms. The van der Waals surface area contributed by atoms with Crippen LogP contribution < -0.4 is 5.32 Å². The molecule has 0 bridgehead atoms. The number of benzene rings is 1. The third-order valence-corrected chi connectivity index (χ3v) is 8.68. The quantitative estimate of drug-likeness (QED) is 0.461. The lowest BCUT2D eigenvalue weighted by Gasteiger charge is -2.31. The predicted molar refractivity (Wildman–Crippen MR) is 118 cm³/mol. The van der Waals surface area contributed by atoms with E-state index in [0.29, 0.717) is 35.1 Å². The zero-order valence-electron chi connectivity index (χ0n) is 16.0. The highest BCUT2D eigenvalue weighted by molar-refractivity contribution is 8.01. The third-order valence-electron chi connectivity index (χ3n) is 4.45. The van der Waals surface area contributed by atoms with Crippen molar-refractivity contribution in [3.05, 3.63) is 34.9 Å². The SMILES string of the molecule is CCCSc1nnc(NC(=O)C2CCCN(S(=O)(=O)Cc3cccc(Cl)c3)C2)s1. The van der Waals surface area contributed by atoms with Gasteiger partial charge in [0.15, 0.2) is 4.34 Å². The van der Waals surface area contributed by atoms with Gasteiger partial charge in [0.2, 0.25) is 21.1 Å². The molecule has 158 valence electrons. The number of aromatic nitrogens is 2. The molecule has 11 heteroatoms. The van der Waals surface area contributed by atoms with Crippen molar-refractivity contribution in [1.29, 1.82) is 0 Å². The van der Waals surface area contributed by atoms with Crippen LogP contribution in [0.1, 0.15) is 31.7 Å². The summed E-state index contributed by atoms with van der Waals surface area (Å²) in [6, 6.07) is 6.82. The van der Waals surface area contributed by atoms with Gasteiger partial charge in [-0.05, 0) is 37.0 Å². The Labute approximate surface area is 184 Å². The topological polar surface area (TPSA) is 92.3 Å². The number of nitrogens with one attached hydrogen (secondary N) is 1. The Morgan fingerprint density at radius 2 is 2.24 bits per heavy atom. The van der Waals surface area contributed by atoms with Crippen molar-refractivity contribution < 1.29 is 13.2 Å². The Hall–Kier alpha value is -1.20. The number of piperidine rings is 1. The predicted octanol–water partition coefficient (Wildman–Crippen LogP) is 3.87. The van der Waals surface area contributed by atoms with Gasteiger partial charge in [-0.25, -0.2) is 12.7 Å². The lowest BCUT2D eigenvalue weighted by molar-refractivity contribution is -0.120. The number of anilines is 1. The third kappa shape index (κ3) is 6.39. The van der Waals surface area contributed by atoms with Crippen LogP contribution in [0.15, 0.2) is 28.6 Å². The van der Waals surface area contributed by atoms with Crippen LogP contribution in [0.2, 0.25) is 5.02 Å². The Bertz CT molecular complexity index is 951. The lowest BCUT2D eigenvalue weighted by atomic mass is 9.99. The van der Waals surface area contributed by atoms with E-state index in [1.165, 1.54) is 15.6 Å². The van der Waals surface area contributed by atoms with Gasteiger partial charge in [0.25, 0.3) is 0 Å². The number of hydrogen-bond donors (Lipinski definition) is 1. The minimum atomic E-state index is -3.53. The summed E-state index contributed by atoms with van der Waals surface area (Å²) < 4.78 is 27.9. The van der Waals surface area contributed by atoms with Crippen molar-refractivity contribution in [2.45, 2.75) is 36.3 Å². The standard InChI is InChI=1S/C18H23ClN4O3S3/c1-2-9-27-18-22-21-17(28-18)20-16(24)14-6-4-8-23(11-14)29(25,26)12-13-5-3-7-15(19)10-13/h3,5,7,10,14H,2,4,6,8-9,11-12H2,1H3,(H,20,21,24). The Balaban J connectivity index is 1.60. The average molecular weight is 475 g/mol. The molecule has 0 radical (unpaired) electrons. The molecule has 1 aliphatic rings. The van der Waals surface area contributed by atoms with E-state index in [-0.39, 0.29) is 18.2 Å². The average Bonchev–Trinajstić information content (AvgIpc) is 3.13. The normalized spacial score (nSPS) is 17.9. The fourth-order valence-corrected chi connectivity index (χ4v) is 6.54. The molecule has 1 amide bonds. The van der Waals surface area contributed by atoms with Crippen LogP contribution in [0.5, 0.6) is 0 Å². The van der Waals surface area contributed by atoms with Crippen LogP contribution in [0, 0.1) is 5.92 Å². The Morgan fingerprint density at radius 3 is 3.00 bits per heavy atom. The second-order valence-electron chi connectivity index (χ2n) is 6.79. The van der Waals surface area contributed by atoms with Crippen molar-refractivity contribution >= 4 is 55.8 Å². The van der Waals surface area contributed by atoms with E-state index in [1.54, 1.807) is 36.0 Å². The van der Waals surface area contributed by atoms with Gasteiger partial charge in [-0.1, -0.05) is 53.8 Å². The molecule has 7 nitrogen and oxygen atoms in total. The van der Waals surface area contributed by atoms with Crippen LogP contribution >= 0.6 is 34.7 Å². The summed E-state index contributed by atoms with van der Waals surface area (Å²) in [6.07, 6.45) is 2.32. The first-order valence-electron chi connectivity index (χ1n) is 9.37. The number of carbonyl (C=O) groups is 1. The van der Waals surface area contributed by atoms with E-state index in [1.807, 2.05) is 0 Å². The second kappa shape index (κ2) is 10.2. The van der Waals surface area contributed by atoms with Gasteiger partial charge in [-0.3, -0.25) is 4.79 Å². The minimum Gasteiger partial charge on any atom is -0.300 e. The summed E-state index contributed by atoms with van der Waals surface area (Å²) in [5.74, 6) is 0.199. The smallest absolute Gasteiger partial charge is 0.230 e. The Morgan fingerprint density at radius 1 is 1.41 bits per heavy atom. The number of rotatable bonds is 8. The zero-order chi connectivity index (χ0) is 20.9. The van der Waals surface area contributed by atoms with Gasteiger partial charge in [0.05, 0.1) is 11.7 Å². The molecule has 3 rings (SSSR count). The van der Waals surface area contributed by atoms with Crippen molar-refractivity contribution in [1.82, 2.24) is 14.5 Å². The number of halogens is 1. The highest BCUT2D eigenvalue weighted by Gasteiger charge is 2.32. The molecule has 1 unspecified atom stereocenters. The van der Waals surface area contributed by atoms with Crippen LogP contribution in [0.25, 0.3) is 0 Å². The fraction of sp³-hybridized carbons (Fsp3) is 0.500. The highest BCUT2D eigenvalue weighted by Crippen LogP contribution is 2.28. The first kappa shape index (κ1) is 22.5. The monoisotopic (exact) mass is 474 g/mol. The Kier molecular flexibility index (Phi) is 7.92. The largest absolute Gasteiger partial charge is 0.300 e. The number of carbonyl (C=O) groups excluding carboxylic acids is 1. The summed E-state index contributed by atoms with van der Waals surface area (Å²) in [5, 5.41) is 11.8. The summed E-state index contributed by atoms with van der Waals surface area (Å²) in [7, 11) is -3.53. The number of thioether (sulfide) groups is 1. The minimum absolute atomic E-state index is 0.129. The first-order chi connectivity index (χ1) is 13.9. The van der Waals surface area contributed by atoms with Gasteiger partial charge in [0.1, 0.15) is 0 Å². The van der Waals surface area contributed by atoms with Crippen LogP contribution in [0.3, 0.4) is 0 Å². The molecule has 0 saturated carbocycles. The number of sulfonamides is 1. The summed E-state index contributed by atoms with van der Waals surface area (Å²) in [5.41, 5.74) is 0.634. The molecule has 1 fully saturated rings. The molecule has 1 N–H and O–H groups in total. The summed E-state index contributed by atoms with van der Waals surface area (Å²) in [4.78, 5) is 12.6. The molecular weight excluding hydrogens is 452 g/mol. The van der Waals surface area contributed by atoms with Crippen LogP contribution in [0.4, 0.5) is 5.13 Å². The van der Waals surface area contributed by atoms with Crippen molar-refractivity contribution in [2.75, 3.05) is 24.2 Å². The van der Waals surface area contributed by atoms with E-state index in [0.717, 1.165) is 16.5 Å². The van der Waals surface area contributed by atoms with Gasteiger partial charge in [-0.15, -0.1) is 10.2 Å². The van der Waals surface area contributed by atoms with E-state index in [2.05, 4.69) is 22.4 Å². The van der Waals surface area contributed by atoms with Crippen LogP contribution in [-0.2, 0) is 20.6 Å². The summed E-state index contributed by atoms with van der Waals surface area (Å²) in [6.45, 7) is 2.68. The molecule has 1 atom stereocenters. The molecule has 2 aromatic rings. The maximum absolute atomic E-state index is 12.8. The van der Waals surface area contributed by atoms with Crippen molar-refractivity contribution in [2.24, 2.45) is 5.92 Å². The number of nitrogens with zero attached hydrogens (tertiary/aromatic N) is 3. The van der Waals surface area contributed by atoms with Crippen LogP contribution in [-0.4, -0.2) is 47.7 Å². The van der Waals surface area contributed by atoms with Gasteiger partial charge in [0, 0.05) is 23.9 Å². The summed E-state index contributed by atoms with van der Waals surface area (Å²) >= 11 is 8.90. The molecule has 1 aromatic carbocycles. The van der Waals surface area contributed by atoms with Crippen molar-refractivity contribution in [3.8, 4) is 0 Å². The van der Waals surface area contributed by atoms with E-state index in [4.69, 9.17) is 11.6 Å². The highest BCUT2D eigenvalue weighted by atomic mass is 35.5. The van der Waals surface area contributed by atoms with Crippen molar-refractivity contribution in [3.63, 3.8) is 0 Å². The molecule has 2 heterocycles. The first-order valence-corrected chi connectivity index (χ1v) is 13.2. The molecule has 1 aliphatic heterocycles. The number of hydrogen-bond acceptors (Lipinski definition) is 7. The lowest BCUT2D eigenvalue weighted by Crippen LogP contribution is -2.44. The fourth-order valence-electron chi connectivity index (χ4n) is 3.05. The van der Waals surface area contributed by atoms with Gasteiger partial charge >= 0.3 is 0 Å². The maximum Gasteiger partial charge on any atom is 0.230 e.